The van der Waals surface area contributed by atoms with Crippen LogP contribution in [-0.4, -0.2) is 91.2 Å². The monoisotopic (exact) mass is 338 g/mol. The average molecular weight is 338 g/mol. The van der Waals surface area contributed by atoms with Gasteiger partial charge in [-0.1, -0.05) is 0 Å². The summed E-state index contributed by atoms with van der Waals surface area (Å²) in [5.41, 5.74) is 0. The van der Waals surface area contributed by atoms with Crippen LogP contribution in [0.15, 0.2) is 0 Å². The summed E-state index contributed by atoms with van der Waals surface area (Å²) in [5, 5.41) is 3.02. The van der Waals surface area contributed by atoms with E-state index in [-0.39, 0.29) is 24.1 Å². The number of hydrogen-bond acceptors (Lipinski definition) is 4. The summed E-state index contributed by atoms with van der Waals surface area (Å²) in [7, 11) is 1.86. The van der Waals surface area contributed by atoms with Gasteiger partial charge >= 0.3 is 6.03 Å². The summed E-state index contributed by atoms with van der Waals surface area (Å²) in [4.78, 5) is 30.5. The second-order valence-corrected chi connectivity index (χ2v) is 7.22. The van der Waals surface area contributed by atoms with Crippen LogP contribution in [0.5, 0.6) is 0 Å². The molecular weight excluding hydrogens is 308 g/mol. The van der Waals surface area contributed by atoms with Crippen molar-refractivity contribution in [2.75, 3.05) is 46.4 Å². The van der Waals surface area contributed by atoms with Crippen LogP contribution in [0, 0.1) is 0 Å². The van der Waals surface area contributed by atoms with Gasteiger partial charge in [-0.05, 0) is 32.6 Å². The molecular formula is C17H30N4O3. The third-order valence-electron chi connectivity index (χ3n) is 5.64. The van der Waals surface area contributed by atoms with Crippen molar-refractivity contribution >= 4 is 11.9 Å². The number of piperidine rings is 1. The largest absolute Gasteiger partial charge is 0.376 e. The van der Waals surface area contributed by atoms with Gasteiger partial charge in [-0.15, -0.1) is 0 Å². The topological polar surface area (TPSA) is 65.1 Å². The van der Waals surface area contributed by atoms with Gasteiger partial charge in [-0.2, -0.15) is 0 Å². The highest BCUT2D eigenvalue weighted by Crippen LogP contribution is 2.22. The smallest absolute Gasteiger partial charge is 0.320 e. The van der Waals surface area contributed by atoms with Crippen molar-refractivity contribution in [2.24, 2.45) is 0 Å². The van der Waals surface area contributed by atoms with Crippen molar-refractivity contribution in [1.29, 1.82) is 0 Å². The summed E-state index contributed by atoms with van der Waals surface area (Å²) in [6, 6.07) is 0.348. The Bertz CT molecular complexity index is 459. The van der Waals surface area contributed by atoms with Gasteiger partial charge in [-0.3, -0.25) is 9.69 Å². The number of nitrogens with one attached hydrogen (secondary N) is 1. The van der Waals surface area contributed by atoms with Gasteiger partial charge in [0.1, 0.15) is 0 Å². The number of carbonyl (C=O) groups is 2. The van der Waals surface area contributed by atoms with E-state index in [1.165, 1.54) is 0 Å². The summed E-state index contributed by atoms with van der Waals surface area (Å²) in [5.74, 6) is 0.0842. The predicted octanol–water partition coefficient (Wildman–Crippen LogP) is 0.502. The van der Waals surface area contributed by atoms with Crippen molar-refractivity contribution < 1.29 is 14.3 Å². The summed E-state index contributed by atoms with van der Waals surface area (Å²) < 4.78 is 5.55. The minimum atomic E-state index is -0.121. The van der Waals surface area contributed by atoms with E-state index in [1.54, 1.807) is 4.90 Å². The molecule has 0 aromatic heterocycles. The number of ether oxygens (including phenoxy) is 1. The van der Waals surface area contributed by atoms with Crippen LogP contribution in [0.25, 0.3) is 0 Å². The zero-order valence-corrected chi connectivity index (χ0v) is 14.9. The van der Waals surface area contributed by atoms with Crippen molar-refractivity contribution in [1.82, 2.24) is 20.0 Å². The van der Waals surface area contributed by atoms with E-state index >= 15 is 0 Å². The molecule has 2 atom stereocenters. The van der Waals surface area contributed by atoms with Gasteiger partial charge in [0.15, 0.2) is 0 Å². The number of carbonyl (C=O) groups excluding carboxylic acids is 2. The number of urea groups is 1. The van der Waals surface area contributed by atoms with E-state index in [2.05, 4.69) is 10.2 Å². The van der Waals surface area contributed by atoms with Gasteiger partial charge in [0.05, 0.1) is 12.1 Å². The van der Waals surface area contributed by atoms with Crippen molar-refractivity contribution in [3.05, 3.63) is 0 Å². The molecule has 3 aliphatic rings. The Kier molecular flexibility index (Phi) is 5.61. The molecule has 3 aliphatic heterocycles. The van der Waals surface area contributed by atoms with Crippen molar-refractivity contribution in [3.8, 4) is 0 Å². The molecule has 0 unspecified atom stereocenters. The van der Waals surface area contributed by atoms with Gasteiger partial charge < -0.3 is 19.9 Å². The minimum absolute atomic E-state index is 0.0842. The van der Waals surface area contributed by atoms with E-state index in [0.29, 0.717) is 12.6 Å². The molecule has 3 saturated heterocycles. The Morgan fingerprint density at radius 3 is 2.58 bits per heavy atom. The Hall–Kier alpha value is -1.34. The van der Waals surface area contributed by atoms with Gasteiger partial charge in [0.25, 0.3) is 0 Å². The normalized spacial score (nSPS) is 27.8. The number of hydrogen-bond donors (Lipinski definition) is 1. The fraction of sp³-hybridized carbons (Fsp3) is 0.882. The molecule has 0 aromatic carbocycles. The highest BCUT2D eigenvalue weighted by Gasteiger charge is 2.35. The Balaban J connectivity index is 1.42. The molecule has 0 aliphatic carbocycles. The summed E-state index contributed by atoms with van der Waals surface area (Å²) in [6.07, 6.45) is 4.21. The fourth-order valence-electron chi connectivity index (χ4n) is 3.93. The zero-order valence-electron chi connectivity index (χ0n) is 14.9. The van der Waals surface area contributed by atoms with Crippen LogP contribution < -0.4 is 5.32 Å². The Labute approximate surface area is 144 Å². The molecule has 0 spiro atoms. The maximum absolute atomic E-state index is 12.4. The molecule has 136 valence electrons. The second-order valence-electron chi connectivity index (χ2n) is 7.22. The first-order chi connectivity index (χ1) is 11.6. The fourth-order valence-corrected chi connectivity index (χ4v) is 3.93. The molecule has 7 heteroatoms. The first-order valence-electron chi connectivity index (χ1n) is 9.21. The number of rotatable bonds is 5. The molecule has 0 saturated carbocycles. The lowest BCUT2D eigenvalue weighted by molar-refractivity contribution is -0.127. The lowest BCUT2D eigenvalue weighted by atomic mass is 10.0. The molecule has 0 bridgehead atoms. The van der Waals surface area contributed by atoms with Crippen LogP contribution >= 0.6 is 0 Å². The zero-order chi connectivity index (χ0) is 17.1. The van der Waals surface area contributed by atoms with Gasteiger partial charge in [-0.25, -0.2) is 4.79 Å². The first-order valence-corrected chi connectivity index (χ1v) is 9.21. The van der Waals surface area contributed by atoms with Crippen LogP contribution in [0.1, 0.15) is 32.6 Å². The molecule has 24 heavy (non-hydrogen) atoms. The van der Waals surface area contributed by atoms with E-state index in [1.807, 2.05) is 18.9 Å². The van der Waals surface area contributed by atoms with E-state index in [0.717, 1.165) is 58.5 Å². The Morgan fingerprint density at radius 2 is 2.00 bits per heavy atom. The van der Waals surface area contributed by atoms with Crippen molar-refractivity contribution in [2.45, 2.75) is 50.8 Å². The van der Waals surface area contributed by atoms with E-state index in [4.69, 9.17) is 4.74 Å². The molecule has 3 heterocycles. The average Bonchev–Trinajstić information content (AvgIpc) is 3.23. The summed E-state index contributed by atoms with van der Waals surface area (Å²) in [6.45, 7) is 6.79. The number of likely N-dealkylation sites (tertiary alicyclic amines) is 1. The SMILES string of the molecule is C[C@H](C(=O)NC[C@@H]1CCCO1)N1CCC(N2CCN(C)C2=O)CC1. The molecule has 3 fully saturated rings. The molecule has 0 radical (unpaired) electrons. The van der Waals surface area contributed by atoms with Crippen molar-refractivity contribution in [3.63, 3.8) is 0 Å². The second kappa shape index (κ2) is 7.70. The van der Waals surface area contributed by atoms with Gasteiger partial charge in [0, 0.05) is 52.4 Å². The third-order valence-corrected chi connectivity index (χ3v) is 5.64. The molecule has 1 N–H and O–H groups in total. The molecule has 0 aromatic rings. The molecule has 3 amide bonds. The van der Waals surface area contributed by atoms with E-state index < -0.39 is 0 Å². The first kappa shape index (κ1) is 17.5. The van der Waals surface area contributed by atoms with Crippen LogP contribution in [-0.2, 0) is 9.53 Å². The lowest BCUT2D eigenvalue weighted by Gasteiger charge is -2.38. The maximum atomic E-state index is 12.4. The quantitative estimate of drug-likeness (QED) is 0.793. The molecule has 3 rings (SSSR count). The number of likely N-dealkylation sites (N-methyl/N-ethyl adjacent to an activating group) is 1. The highest BCUT2D eigenvalue weighted by atomic mass is 16.5. The maximum Gasteiger partial charge on any atom is 0.320 e. The standard InChI is InChI=1S/C17H30N4O3/c1-13(16(22)18-12-15-4-3-11-24-15)20-7-5-14(6-8-20)21-10-9-19(2)17(21)23/h13-15H,3-12H2,1-2H3,(H,18,22)/t13-,15+/m1/s1. The highest BCUT2D eigenvalue weighted by molar-refractivity contribution is 5.81. The van der Waals surface area contributed by atoms with Crippen LogP contribution in [0.4, 0.5) is 4.79 Å². The van der Waals surface area contributed by atoms with Gasteiger partial charge in [0.2, 0.25) is 5.91 Å². The Morgan fingerprint density at radius 1 is 1.25 bits per heavy atom. The number of nitrogens with zero attached hydrogens (tertiary/aromatic N) is 3. The lowest BCUT2D eigenvalue weighted by Crippen LogP contribution is -2.52. The van der Waals surface area contributed by atoms with Crippen LogP contribution in [0.3, 0.4) is 0 Å². The molecule has 7 nitrogen and oxygen atoms in total. The summed E-state index contributed by atoms with van der Waals surface area (Å²) >= 11 is 0. The van der Waals surface area contributed by atoms with E-state index in [9.17, 15) is 9.59 Å². The number of amides is 3. The van der Waals surface area contributed by atoms with Crippen LogP contribution in [0.2, 0.25) is 0 Å². The third kappa shape index (κ3) is 3.83. The predicted molar refractivity (Wildman–Crippen MR) is 90.8 cm³/mol. The minimum Gasteiger partial charge on any atom is -0.376 e.